The Bertz CT molecular complexity index is 882. The Labute approximate surface area is 145 Å². The molecule has 0 aliphatic heterocycles. The first-order valence-electron chi connectivity index (χ1n) is 7.93. The van der Waals surface area contributed by atoms with Crippen LogP contribution in [0, 0.1) is 17.0 Å². The molecule has 1 unspecified atom stereocenters. The lowest BCUT2D eigenvalue weighted by Gasteiger charge is -2.14. The number of non-ortho nitro benzene ring substituents is 1. The summed E-state index contributed by atoms with van der Waals surface area (Å²) in [5, 5.41) is 10.7. The number of carbonyl (C=O) groups is 1. The smallest absolute Gasteiger partial charge is 0.269 e. The lowest BCUT2D eigenvalue weighted by molar-refractivity contribution is -0.384. The third-order valence-corrected chi connectivity index (χ3v) is 4.10. The monoisotopic (exact) mass is 335 g/mol. The number of nitrogens with zero attached hydrogens (tertiary/aromatic N) is 1. The second-order valence-electron chi connectivity index (χ2n) is 5.84. The summed E-state index contributed by atoms with van der Waals surface area (Å²) in [6, 6.07) is 19.2. The Morgan fingerprint density at radius 2 is 1.72 bits per heavy atom. The first-order valence-corrected chi connectivity index (χ1v) is 7.93. The SMILES string of the molecule is Cc1ccc(C(CC(=O)c2ccc([N+](=O)[O-])cc2)c2ccccc2)o1. The maximum atomic E-state index is 12.7. The van der Waals surface area contributed by atoms with Crippen molar-refractivity contribution >= 4 is 11.5 Å². The average Bonchev–Trinajstić information content (AvgIpc) is 3.06. The predicted octanol–water partition coefficient (Wildman–Crippen LogP) is 4.90. The van der Waals surface area contributed by atoms with E-state index in [0.717, 1.165) is 17.1 Å². The number of carbonyl (C=O) groups excluding carboxylic acids is 1. The summed E-state index contributed by atoms with van der Waals surface area (Å²) in [5.74, 6) is 1.24. The van der Waals surface area contributed by atoms with Crippen LogP contribution in [0.15, 0.2) is 71.1 Å². The number of Topliss-reactive ketones (excluding diaryl/α,β-unsaturated/α-hetero) is 1. The van der Waals surface area contributed by atoms with E-state index in [1.54, 1.807) is 0 Å². The van der Waals surface area contributed by atoms with Gasteiger partial charge in [0, 0.05) is 30.0 Å². The molecule has 2 aromatic carbocycles. The fraction of sp³-hybridized carbons (Fsp3) is 0.150. The Morgan fingerprint density at radius 3 is 2.28 bits per heavy atom. The summed E-state index contributed by atoms with van der Waals surface area (Å²) in [7, 11) is 0. The number of benzene rings is 2. The van der Waals surface area contributed by atoms with E-state index in [9.17, 15) is 14.9 Å². The van der Waals surface area contributed by atoms with Crippen molar-refractivity contribution in [1.82, 2.24) is 0 Å². The van der Waals surface area contributed by atoms with Crippen molar-refractivity contribution < 1.29 is 14.1 Å². The van der Waals surface area contributed by atoms with Crippen molar-refractivity contribution in [3.8, 4) is 0 Å². The zero-order valence-corrected chi connectivity index (χ0v) is 13.7. The van der Waals surface area contributed by atoms with Gasteiger partial charge in [-0.25, -0.2) is 0 Å². The second kappa shape index (κ2) is 7.13. The lowest BCUT2D eigenvalue weighted by atomic mass is 9.89. The largest absolute Gasteiger partial charge is 0.466 e. The van der Waals surface area contributed by atoms with Gasteiger partial charge in [0.25, 0.3) is 5.69 Å². The molecule has 1 aromatic heterocycles. The number of nitro groups is 1. The molecule has 0 spiro atoms. The fourth-order valence-electron chi connectivity index (χ4n) is 2.78. The van der Waals surface area contributed by atoms with E-state index < -0.39 is 4.92 Å². The van der Waals surface area contributed by atoms with Gasteiger partial charge in [0.05, 0.1) is 4.92 Å². The Kier molecular flexibility index (Phi) is 4.75. The highest BCUT2D eigenvalue weighted by Crippen LogP contribution is 2.31. The molecule has 0 radical (unpaired) electrons. The number of nitro benzene ring substituents is 1. The summed E-state index contributed by atoms with van der Waals surface area (Å²) in [6.07, 6.45) is 0.231. The van der Waals surface area contributed by atoms with Crippen molar-refractivity contribution in [2.45, 2.75) is 19.3 Å². The standard InChI is InChI=1S/C20H17NO4/c1-14-7-12-20(25-14)18(15-5-3-2-4-6-15)13-19(22)16-8-10-17(11-9-16)21(23)24/h2-12,18H,13H2,1H3. The van der Waals surface area contributed by atoms with Gasteiger partial charge in [0.2, 0.25) is 0 Å². The maximum absolute atomic E-state index is 12.7. The Morgan fingerprint density at radius 1 is 1.04 bits per heavy atom. The van der Waals surface area contributed by atoms with Gasteiger partial charge in [0.1, 0.15) is 11.5 Å². The van der Waals surface area contributed by atoms with E-state index >= 15 is 0 Å². The topological polar surface area (TPSA) is 73.3 Å². The molecule has 0 fully saturated rings. The van der Waals surface area contributed by atoms with E-state index in [0.29, 0.717) is 5.56 Å². The van der Waals surface area contributed by atoms with Gasteiger partial charge in [-0.3, -0.25) is 14.9 Å². The van der Waals surface area contributed by atoms with Gasteiger partial charge < -0.3 is 4.42 Å². The zero-order chi connectivity index (χ0) is 17.8. The van der Waals surface area contributed by atoms with Crippen LogP contribution < -0.4 is 0 Å². The number of furan rings is 1. The molecule has 0 aliphatic rings. The number of ketones is 1. The molecule has 3 rings (SSSR count). The molecule has 0 N–H and O–H groups in total. The molecule has 5 heteroatoms. The van der Waals surface area contributed by atoms with E-state index in [1.807, 2.05) is 49.4 Å². The van der Waals surface area contributed by atoms with Crippen LogP contribution in [0.4, 0.5) is 5.69 Å². The van der Waals surface area contributed by atoms with E-state index in [-0.39, 0.29) is 23.8 Å². The van der Waals surface area contributed by atoms with Crippen LogP contribution in [0.5, 0.6) is 0 Å². The molecule has 0 bridgehead atoms. The van der Waals surface area contributed by atoms with Crippen LogP contribution in [-0.4, -0.2) is 10.7 Å². The Hall–Kier alpha value is -3.21. The number of hydrogen-bond acceptors (Lipinski definition) is 4. The van der Waals surface area contributed by atoms with Crippen LogP contribution in [0.25, 0.3) is 0 Å². The van der Waals surface area contributed by atoms with E-state index in [2.05, 4.69) is 0 Å². The second-order valence-corrected chi connectivity index (χ2v) is 5.84. The first kappa shape index (κ1) is 16.6. The predicted molar refractivity (Wildman–Crippen MR) is 93.8 cm³/mol. The van der Waals surface area contributed by atoms with Gasteiger partial charge in [-0.05, 0) is 36.8 Å². The first-order chi connectivity index (χ1) is 12.0. The highest BCUT2D eigenvalue weighted by molar-refractivity contribution is 5.97. The zero-order valence-electron chi connectivity index (χ0n) is 13.7. The van der Waals surface area contributed by atoms with Gasteiger partial charge in [-0.2, -0.15) is 0 Å². The molecule has 25 heavy (non-hydrogen) atoms. The number of rotatable bonds is 6. The van der Waals surface area contributed by atoms with Crippen molar-refractivity contribution in [1.29, 1.82) is 0 Å². The quantitative estimate of drug-likeness (QED) is 0.365. The maximum Gasteiger partial charge on any atom is 0.269 e. The summed E-state index contributed by atoms with van der Waals surface area (Å²) in [5.41, 5.74) is 1.42. The molecular formula is C20H17NO4. The minimum absolute atomic E-state index is 0.0298. The molecule has 1 heterocycles. The summed E-state index contributed by atoms with van der Waals surface area (Å²) < 4.78 is 5.75. The minimum atomic E-state index is -0.480. The van der Waals surface area contributed by atoms with Gasteiger partial charge >= 0.3 is 0 Å². The molecular weight excluding hydrogens is 318 g/mol. The molecule has 0 amide bonds. The molecule has 0 saturated heterocycles. The summed E-state index contributed by atoms with van der Waals surface area (Å²) >= 11 is 0. The summed E-state index contributed by atoms with van der Waals surface area (Å²) in [6.45, 7) is 1.86. The van der Waals surface area contributed by atoms with Crippen LogP contribution in [0.2, 0.25) is 0 Å². The van der Waals surface area contributed by atoms with Crippen molar-refractivity contribution in [2.24, 2.45) is 0 Å². The number of aryl methyl sites for hydroxylation is 1. The van der Waals surface area contributed by atoms with Gasteiger partial charge in [-0.1, -0.05) is 30.3 Å². The summed E-state index contributed by atoms with van der Waals surface area (Å²) in [4.78, 5) is 22.9. The van der Waals surface area contributed by atoms with Crippen LogP contribution >= 0.6 is 0 Å². The van der Waals surface area contributed by atoms with E-state index in [1.165, 1.54) is 24.3 Å². The highest BCUT2D eigenvalue weighted by Gasteiger charge is 2.22. The van der Waals surface area contributed by atoms with Gasteiger partial charge in [0.15, 0.2) is 5.78 Å². The fourth-order valence-corrected chi connectivity index (χ4v) is 2.78. The number of hydrogen-bond donors (Lipinski definition) is 0. The average molecular weight is 335 g/mol. The highest BCUT2D eigenvalue weighted by atomic mass is 16.6. The minimum Gasteiger partial charge on any atom is -0.466 e. The van der Waals surface area contributed by atoms with Crippen molar-refractivity contribution in [3.05, 3.63) is 99.5 Å². The Balaban J connectivity index is 1.87. The molecule has 0 saturated carbocycles. The van der Waals surface area contributed by atoms with Crippen LogP contribution in [0.1, 0.15) is 39.8 Å². The molecule has 0 aliphatic carbocycles. The molecule has 126 valence electrons. The van der Waals surface area contributed by atoms with Crippen molar-refractivity contribution in [2.75, 3.05) is 0 Å². The van der Waals surface area contributed by atoms with E-state index in [4.69, 9.17) is 4.42 Å². The van der Waals surface area contributed by atoms with Gasteiger partial charge in [-0.15, -0.1) is 0 Å². The lowest BCUT2D eigenvalue weighted by Crippen LogP contribution is -2.08. The molecule has 3 aromatic rings. The normalized spacial score (nSPS) is 11.9. The third kappa shape index (κ3) is 3.83. The van der Waals surface area contributed by atoms with Crippen molar-refractivity contribution in [3.63, 3.8) is 0 Å². The van der Waals surface area contributed by atoms with Crippen LogP contribution in [-0.2, 0) is 0 Å². The third-order valence-electron chi connectivity index (χ3n) is 4.10. The molecule has 1 atom stereocenters. The van der Waals surface area contributed by atoms with Crippen LogP contribution in [0.3, 0.4) is 0 Å². The molecule has 5 nitrogen and oxygen atoms in total.